The van der Waals surface area contributed by atoms with Crippen molar-refractivity contribution in [3.8, 4) is 0 Å². The Hall–Kier alpha value is -1.25. The van der Waals surface area contributed by atoms with E-state index in [1.165, 1.54) is 334 Å². The van der Waals surface area contributed by atoms with Gasteiger partial charge < -0.3 is 19.4 Å². The summed E-state index contributed by atoms with van der Waals surface area (Å²) in [5.74, 6) is -0.473. The van der Waals surface area contributed by atoms with Crippen molar-refractivity contribution in [1.82, 2.24) is 5.32 Å². The van der Waals surface area contributed by atoms with E-state index < -0.39 is 20.0 Å². The van der Waals surface area contributed by atoms with E-state index in [2.05, 4.69) is 32.2 Å². The number of rotatable bonds is 74. The Bertz CT molecular complexity index is 1500. The maximum atomic E-state index is 13.7. The smallest absolute Gasteiger partial charge is 0.456 e. The molecule has 2 N–H and O–H groups in total. The third-order valence-electron chi connectivity index (χ3n) is 18.5. The molecule has 9 nitrogen and oxygen atoms in total. The fourth-order valence-electron chi connectivity index (χ4n) is 12.4. The number of esters is 1. The number of amides is 1. The second-order valence-corrected chi connectivity index (χ2v) is 30.1. The zero-order chi connectivity index (χ0) is 64.2. The van der Waals surface area contributed by atoms with E-state index in [-0.39, 0.29) is 25.1 Å². The molecule has 3 unspecified atom stereocenters. The largest absolute Gasteiger partial charge is 0.472 e. The zero-order valence-electron chi connectivity index (χ0n) is 60.3. The summed E-state index contributed by atoms with van der Waals surface area (Å²) in [6, 6.07) is -0.842. The van der Waals surface area contributed by atoms with Crippen molar-refractivity contribution in [3.05, 3.63) is 12.2 Å². The summed E-state index contributed by atoms with van der Waals surface area (Å²) in [6.45, 7) is 7.11. The lowest BCUT2D eigenvalue weighted by Crippen LogP contribution is -2.47. The van der Waals surface area contributed by atoms with Crippen LogP contribution in [0.25, 0.3) is 0 Å². The van der Waals surface area contributed by atoms with Gasteiger partial charge in [0, 0.05) is 12.8 Å². The molecular weight excluding hydrogens is 1110 g/mol. The third kappa shape index (κ3) is 69.1. The Morgan fingerprint density at radius 2 is 0.648 bits per heavy atom. The molecule has 0 aromatic carbocycles. The number of nitrogens with zero attached hydrogens (tertiary/aromatic N) is 1. The number of quaternary nitrogens is 1. The number of carbonyl (C=O) groups is 2. The quantitative estimate of drug-likeness (QED) is 0.0205. The van der Waals surface area contributed by atoms with E-state index in [1.54, 1.807) is 0 Å². The van der Waals surface area contributed by atoms with Gasteiger partial charge in [-0.2, -0.15) is 0 Å². The first-order valence-corrected chi connectivity index (χ1v) is 41.0. The van der Waals surface area contributed by atoms with E-state index in [0.29, 0.717) is 23.9 Å². The standard InChI is InChI=1S/C78H155N2O7P/c1-7-10-13-16-19-22-25-28-30-32-34-36-38-40-42-44-46-48-50-52-55-58-61-64-67-70-77(81)79-75(74-86-88(83,84)85-73-72-80(4,5)6)76(69-66-63-60-57-54-27-24-21-18-15-12-9-3)87-78(82)71-68-65-62-59-56-53-51-49-47-45-43-41-39-37-35-33-31-29-26-23-20-17-14-11-8-2/h66,69,75-76H,7-65,67-68,70-74H2,1-6H3,(H-,79,81,83,84)/p+1/b69-66+. The Kier molecular flexibility index (Phi) is 67.6. The predicted octanol–water partition coefficient (Wildman–Crippen LogP) is 25.4. The molecule has 0 fully saturated rings. The maximum absolute atomic E-state index is 13.7. The first-order chi connectivity index (χ1) is 42.9. The van der Waals surface area contributed by atoms with Crippen LogP contribution in [0.15, 0.2) is 12.2 Å². The highest BCUT2D eigenvalue weighted by Crippen LogP contribution is 2.43. The van der Waals surface area contributed by atoms with Gasteiger partial charge in [-0.05, 0) is 31.8 Å². The van der Waals surface area contributed by atoms with Crippen LogP contribution in [-0.2, 0) is 27.9 Å². The van der Waals surface area contributed by atoms with Crippen molar-refractivity contribution >= 4 is 19.7 Å². The molecular formula is C78H156N2O7P+. The first kappa shape index (κ1) is 86.8. The summed E-state index contributed by atoms with van der Waals surface area (Å²) in [5.41, 5.74) is 0. The Labute approximate surface area is 550 Å². The van der Waals surface area contributed by atoms with Crippen LogP contribution in [0.5, 0.6) is 0 Å². The second-order valence-electron chi connectivity index (χ2n) is 28.6. The van der Waals surface area contributed by atoms with Crippen molar-refractivity contribution in [2.45, 2.75) is 437 Å². The van der Waals surface area contributed by atoms with Crippen LogP contribution in [-0.4, -0.2) is 74.3 Å². The van der Waals surface area contributed by atoms with Gasteiger partial charge in [-0.1, -0.05) is 393 Å². The third-order valence-corrected chi connectivity index (χ3v) is 19.5. The summed E-state index contributed by atoms with van der Waals surface area (Å²) < 4.78 is 30.9. The van der Waals surface area contributed by atoms with Gasteiger partial charge in [0.1, 0.15) is 19.3 Å². The molecule has 0 bridgehead atoms. The van der Waals surface area contributed by atoms with E-state index in [9.17, 15) is 19.0 Å². The second kappa shape index (κ2) is 68.6. The monoisotopic (exact) mass is 1260 g/mol. The molecule has 0 radical (unpaired) electrons. The first-order valence-electron chi connectivity index (χ1n) is 39.5. The summed E-state index contributed by atoms with van der Waals surface area (Å²) in [5, 5.41) is 3.09. The lowest BCUT2D eigenvalue weighted by molar-refractivity contribution is -0.870. The molecule has 1 amide bonds. The molecule has 524 valence electrons. The van der Waals surface area contributed by atoms with Gasteiger partial charge in [-0.25, -0.2) is 4.57 Å². The predicted molar refractivity (Wildman–Crippen MR) is 383 cm³/mol. The molecule has 0 spiro atoms. The van der Waals surface area contributed by atoms with Crippen LogP contribution in [0.1, 0.15) is 425 Å². The molecule has 88 heavy (non-hydrogen) atoms. The van der Waals surface area contributed by atoms with Crippen LogP contribution in [0, 0.1) is 0 Å². The number of ether oxygens (including phenoxy) is 1. The molecule has 0 aliphatic rings. The number of carbonyl (C=O) groups excluding carboxylic acids is 2. The summed E-state index contributed by atoms with van der Waals surface area (Å²) >= 11 is 0. The summed E-state index contributed by atoms with van der Waals surface area (Å²) in [6.07, 6.45) is 84.0. The van der Waals surface area contributed by atoms with Gasteiger partial charge >= 0.3 is 13.8 Å². The van der Waals surface area contributed by atoms with Gasteiger partial charge in [-0.15, -0.1) is 0 Å². The van der Waals surface area contributed by atoms with Gasteiger partial charge in [0.2, 0.25) is 5.91 Å². The van der Waals surface area contributed by atoms with E-state index in [0.717, 1.165) is 57.8 Å². The number of hydrogen-bond donors (Lipinski definition) is 2. The lowest BCUT2D eigenvalue weighted by Gasteiger charge is -2.27. The average Bonchev–Trinajstić information content (AvgIpc) is 3.70. The van der Waals surface area contributed by atoms with Crippen molar-refractivity contribution in [2.75, 3.05) is 40.9 Å². The summed E-state index contributed by atoms with van der Waals surface area (Å²) in [7, 11) is 1.53. The minimum atomic E-state index is -4.45. The molecule has 0 aliphatic carbocycles. The zero-order valence-corrected chi connectivity index (χ0v) is 61.2. The van der Waals surface area contributed by atoms with Crippen molar-refractivity contribution < 1.29 is 37.3 Å². The molecule has 0 rings (SSSR count). The fourth-order valence-corrected chi connectivity index (χ4v) is 13.2. The molecule has 3 atom stereocenters. The minimum Gasteiger partial charge on any atom is -0.456 e. The number of nitrogens with one attached hydrogen (secondary N) is 1. The molecule has 0 aromatic heterocycles. The Morgan fingerprint density at radius 1 is 0.386 bits per heavy atom. The van der Waals surface area contributed by atoms with Crippen LogP contribution in [0.2, 0.25) is 0 Å². The molecule has 0 saturated heterocycles. The average molecular weight is 1270 g/mol. The molecule has 10 heteroatoms. The van der Waals surface area contributed by atoms with Crippen LogP contribution in [0.4, 0.5) is 0 Å². The molecule has 0 aliphatic heterocycles. The van der Waals surface area contributed by atoms with E-state index in [4.69, 9.17) is 13.8 Å². The van der Waals surface area contributed by atoms with Gasteiger partial charge in [-0.3, -0.25) is 18.6 Å². The van der Waals surface area contributed by atoms with Crippen molar-refractivity contribution in [1.29, 1.82) is 0 Å². The van der Waals surface area contributed by atoms with Gasteiger partial charge in [0.05, 0.1) is 33.8 Å². The van der Waals surface area contributed by atoms with Crippen LogP contribution >= 0.6 is 7.82 Å². The van der Waals surface area contributed by atoms with E-state index in [1.807, 2.05) is 27.2 Å². The number of phosphoric acid groups is 1. The van der Waals surface area contributed by atoms with Gasteiger partial charge in [0.15, 0.2) is 0 Å². The molecule has 0 saturated carbocycles. The fraction of sp³-hybridized carbons (Fsp3) is 0.949. The Balaban J connectivity index is 4.89. The number of likely N-dealkylation sites (N-methyl/N-ethyl adjacent to an activating group) is 1. The SMILES string of the molecule is CCCCCCCCCCCC/C=C/C(OC(=O)CCCCCCCCCCCCCCCCCCCCCCCCCCC)C(COP(=O)(O)OCC[N+](C)(C)C)NC(=O)CCCCCCCCCCCCCCCCCCCCCCCCCCC. The van der Waals surface area contributed by atoms with Crippen LogP contribution in [0.3, 0.4) is 0 Å². The van der Waals surface area contributed by atoms with Crippen molar-refractivity contribution in [2.24, 2.45) is 0 Å². The number of allylic oxidation sites excluding steroid dienone is 1. The summed E-state index contributed by atoms with van der Waals surface area (Å²) in [4.78, 5) is 38.0. The molecule has 0 heterocycles. The van der Waals surface area contributed by atoms with Crippen LogP contribution < -0.4 is 5.32 Å². The van der Waals surface area contributed by atoms with E-state index >= 15 is 0 Å². The highest BCUT2D eigenvalue weighted by atomic mass is 31.2. The highest BCUT2D eigenvalue weighted by Gasteiger charge is 2.30. The normalized spacial score (nSPS) is 13.4. The highest BCUT2D eigenvalue weighted by molar-refractivity contribution is 7.47. The number of hydrogen-bond acceptors (Lipinski definition) is 6. The number of phosphoric ester groups is 1. The lowest BCUT2D eigenvalue weighted by atomic mass is 10.0. The number of unbranched alkanes of at least 4 members (excludes halogenated alkanes) is 58. The molecule has 0 aromatic rings. The topological polar surface area (TPSA) is 111 Å². The van der Waals surface area contributed by atoms with Gasteiger partial charge in [0.25, 0.3) is 0 Å². The maximum Gasteiger partial charge on any atom is 0.472 e. The van der Waals surface area contributed by atoms with Crippen molar-refractivity contribution in [3.63, 3.8) is 0 Å². The Morgan fingerprint density at radius 3 is 0.932 bits per heavy atom. The minimum absolute atomic E-state index is 0.0463.